The van der Waals surface area contributed by atoms with Gasteiger partial charge in [0.1, 0.15) is 0 Å². The summed E-state index contributed by atoms with van der Waals surface area (Å²) in [5, 5.41) is 6.50. The molecule has 1 heterocycles. The Morgan fingerprint density at radius 2 is 2.12 bits per heavy atom. The van der Waals surface area contributed by atoms with Crippen molar-refractivity contribution >= 4 is 5.91 Å². The van der Waals surface area contributed by atoms with Gasteiger partial charge in [0.25, 0.3) is 0 Å². The first kappa shape index (κ1) is 14.2. The van der Waals surface area contributed by atoms with Crippen LogP contribution in [0.5, 0.6) is 0 Å². The number of rotatable bonds is 2. The topological polar surface area (TPSA) is 41.1 Å². The van der Waals surface area contributed by atoms with Crippen LogP contribution in [0.3, 0.4) is 0 Å². The van der Waals surface area contributed by atoms with Gasteiger partial charge in [0.15, 0.2) is 0 Å². The highest BCUT2D eigenvalue weighted by Crippen LogP contribution is 2.34. The van der Waals surface area contributed by atoms with Crippen molar-refractivity contribution in [1.29, 1.82) is 0 Å². The Bertz CT molecular complexity index is 306. The van der Waals surface area contributed by atoms with E-state index in [1.165, 1.54) is 0 Å². The number of hydrogen-bond acceptors (Lipinski definition) is 2. The SMILES string of the molecule is C=C[C@@H]1CN[C@@H](C)[C@@](C)(C(=O)NC(C)(C)C)C1. The first-order valence-corrected chi connectivity index (χ1v) is 6.37. The highest BCUT2D eigenvalue weighted by atomic mass is 16.2. The van der Waals surface area contributed by atoms with Crippen LogP contribution in [0.1, 0.15) is 41.0 Å². The van der Waals surface area contributed by atoms with Gasteiger partial charge in [-0.3, -0.25) is 4.79 Å². The minimum atomic E-state index is -0.357. The van der Waals surface area contributed by atoms with Crippen LogP contribution in [-0.4, -0.2) is 24.0 Å². The van der Waals surface area contributed by atoms with Crippen LogP contribution in [0.25, 0.3) is 0 Å². The number of carbonyl (C=O) groups excluding carboxylic acids is 1. The maximum atomic E-state index is 12.4. The molecule has 0 aromatic carbocycles. The van der Waals surface area contributed by atoms with Gasteiger partial charge in [0.05, 0.1) is 5.41 Å². The molecular weight excluding hydrogens is 212 g/mol. The van der Waals surface area contributed by atoms with Crippen molar-refractivity contribution in [3.63, 3.8) is 0 Å². The van der Waals surface area contributed by atoms with Gasteiger partial charge in [-0.1, -0.05) is 6.08 Å². The normalized spacial score (nSPS) is 34.2. The predicted octanol–water partition coefficient (Wildman–Crippen LogP) is 2.09. The average molecular weight is 238 g/mol. The molecule has 0 unspecified atom stereocenters. The van der Waals surface area contributed by atoms with E-state index in [1.54, 1.807) is 0 Å². The van der Waals surface area contributed by atoms with Crippen molar-refractivity contribution in [3.8, 4) is 0 Å². The Morgan fingerprint density at radius 3 is 2.59 bits per heavy atom. The largest absolute Gasteiger partial charge is 0.351 e. The third-order valence-electron chi connectivity index (χ3n) is 3.67. The van der Waals surface area contributed by atoms with Crippen molar-refractivity contribution in [2.75, 3.05) is 6.54 Å². The maximum absolute atomic E-state index is 12.4. The zero-order valence-electron chi connectivity index (χ0n) is 11.8. The highest BCUT2D eigenvalue weighted by Gasteiger charge is 2.43. The number of piperidine rings is 1. The van der Waals surface area contributed by atoms with Crippen molar-refractivity contribution in [2.24, 2.45) is 11.3 Å². The molecule has 0 aromatic heterocycles. The summed E-state index contributed by atoms with van der Waals surface area (Å²) in [6.45, 7) is 14.9. The van der Waals surface area contributed by atoms with Crippen molar-refractivity contribution in [2.45, 2.75) is 52.6 Å². The van der Waals surface area contributed by atoms with E-state index in [1.807, 2.05) is 33.8 Å². The lowest BCUT2D eigenvalue weighted by atomic mass is 9.71. The fraction of sp³-hybridized carbons (Fsp3) is 0.786. The smallest absolute Gasteiger partial charge is 0.227 e. The van der Waals surface area contributed by atoms with Gasteiger partial charge < -0.3 is 10.6 Å². The molecule has 0 saturated carbocycles. The molecule has 2 N–H and O–H groups in total. The van der Waals surface area contributed by atoms with Crippen LogP contribution in [0.2, 0.25) is 0 Å². The average Bonchev–Trinajstić information content (AvgIpc) is 2.19. The van der Waals surface area contributed by atoms with Gasteiger partial charge in [-0.05, 0) is 47.0 Å². The van der Waals surface area contributed by atoms with E-state index < -0.39 is 0 Å². The van der Waals surface area contributed by atoms with Gasteiger partial charge in [0, 0.05) is 18.1 Å². The Balaban J connectivity index is 2.83. The summed E-state index contributed by atoms with van der Waals surface area (Å²) in [6, 6.07) is 0.195. The molecule has 1 amide bonds. The lowest BCUT2D eigenvalue weighted by Crippen LogP contribution is -2.59. The monoisotopic (exact) mass is 238 g/mol. The van der Waals surface area contributed by atoms with Crippen LogP contribution in [0, 0.1) is 11.3 Å². The van der Waals surface area contributed by atoms with Crippen LogP contribution in [0.15, 0.2) is 12.7 Å². The summed E-state index contributed by atoms with van der Waals surface area (Å²) in [5.41, 5.74) is -0.536. The summed E-state index contributed by atoms with van der Waals surface area (Å²) in [5.74, 6) is 0.512. The van der Waals surface area contributed by atoms with Crippen molar-refractivity contribution in [1.82, 2.24) is 10.6 Å². The zero-order valence-corrected chi connectivity index (χ0v) is 11.8. The van der Waals surface area contributed by atoms with Crippen LogP contribution in [-0.2, 0) is 4.79 Å². The van der Waals surface area contributed by atoms with Crippen LogP contribution >= 0.6 is 0 Å². The third kappa shape index (κ3) is 3.32. The van der Waals surface area contributed by atoms with Crippen LogP contribution in [0.4, 0.5) is 0 Å². The van der Waals surface area contributed by atoms with Crippen molar-refractivity contribution in [3.05, 3.63) is 12.7 Å². The second-order valence-electron chi connectivity index (χ2n) is 6.45. The van der Waals surface area contributed by atoms with E-state index in [4.69, 9.17) is 0 Å². The molecular formula is C14H26N2O. The first-order chi connectivity index (χ1) is 7.69. The summed E-state index contributed by atoms with van der Waals surface area (Å²) >= 11 is 0. The van der Waals surface area contributed by atoms with Crippen LogP contribution < -0.4 is 10.6 Å². The van der Waals surface area contributed by atoms with E-state index >= 15 is 0 Å². The van der Waals surface area contributed by atoms with Gasteiger partial charge in [-0.15, -0.1) is 6.58 Å². The fourth-order valence-electron chi connectivity index (χ4n) is 2.29. The lowest BCUT2D eigenvalue weighted by molar-refractivity contribution is -0.135. The number of hydrogen-bond donors (Lipinski definition) is 2. The second kappa shape index (κ2) is 4.81. The number of nitrogens with one attached hydrogen (secondary N) is 2. The molecule has 0 spiro atoms. The molecule has 0 bridgehead atoms. The van der Waals surface area contributed by atoms with Crippen molar-refractivity contribution < 1.29 is 4.79 Å². The number of carbonyl (C=O) groups is 1. The molecule has 1 aliphatic rings. The minimum absolute atomic E-state index is 0.136. The third-order valence-corrected chi connectivity index (χ3v) is 3.67. The standard InChI is InChI=1S/C14H26N2O/c1-7-11-8-14(6,10(2)15-9-11)12(17)16-13(3,4)5/h7,10-11,15H,1,8-9H2,2-6H3,(H,16,17)/t10-,11-,14-/m0/s1. The molecule has 1 aliphatic heterocycles. The zero-order chi connectivity index (χ0) is 13.3. The maximum Gasteiger partial charge on any atom is 0.227 e. The fourth-order valence-corrected chi connectivity index (χ4v) is 2.29. The van der Waals surface area contributed by atoms with Gasteiger partial charge in [-0.2, -0.15) is 0 Å². The Labute approximate surface area is 105 Å². The highest BCUT2D eigenvalue weighted by molar-refractivity contribution is 5.83. The van der Waals surface area contributed by atoms with Gasteiger partial charge >= 0.3 is 0 Å². The Hall–Kier alpha value is -0.830. The quantitative estimate of drug-likeness (QED) is 0.723. The number of amides is 1. The molecule has 98 valence electrons. The van der Waals surface area contributed by atoms with E-state index in [0.29, 0.717) is 5.92 Å². The first-order valence-electron chi connectivity index (χ1n) is 6.37. The van der Waals surface area contributed by atoms with E-state index in [2.05, 4.69) is 24.1 Å². The second-order valence-corrected chi connectivity index (χ2v) is 6.45. The summed E-state index contributed by atoms with van der Waals surface area (Å²) in [7, 11) is 0. The molecule has 0 aromatic rings. The predicted molar refractivity (Wildman–Crippen MR) is 71.8 cm³/mol. The van der Waals surface area contributed by atoms with E-state index in [-0.39, 0.29) is 22.9 Å². The molecule has 3 heteroatoms. The summed E-state index contributed by atoms with van der Waals surface area (Å²) in [4.78, 5) is 12.4. The molecule has 1 saturated heterocycles. The molecule has 0 radical (unpaired) electrons. The molecule has 0 aliphatic carbocycles. The summed E-state index contributed by atoms with van der Waals surface area (Å²) in [6.07, 6.45) is 2.81. The Morgan fingerprint density at radius 1 is 1.53 bits per heavy atom. The van der Waals surface area contributed by atoms with Gasteiger partial charge in [0.2, 0.25) is 5.91 Å². The van der Waals surface area contributed by atoms with E-state index in [9.17, 15) is 4.79 Å². The minimum Gasteiger partial charge on any atom is -0.351 e. The molecule has 1 fully saturated rings. The van der Waals surface area contributed by atoms with Gasteiger partial charge in [-0.25, -0.2) is 0 Å². The van der Waals surface area contributed by atoms with E-state index in [0.717, 1.165) is 13.0 Å². The molecule has 17 heavy (non-hydrogen) atoms. The lowest BCUT2D eigenvalue weighted by Gasteiger charge is -2.43. The summed E-state index contributed by atoms with van der Waals surface area (Å²) < 4.78 is 0. The molecule has 1 rings (SSSR count). The molecule has 3 nitrogen and oxygen atoms in total. The molecule has 3 atom stereocenters. The Kier molecular flexibility index (Phi) is 4.03.